The third kappa shape index (κ3) is 4.91. The summed E-state index contributed by atoms with van der Waals surface area (Å²) in [6, 6.07) is 16.0. The zero-order valence-electron chi connectivity index (χ0n) is 17.2. The molecule has 0 aliphatic rings. The molecule has 5 nitrogen and oxygen atoms in total. The van der Waals surface area contributed by atoms with Crippen LogP contribution in [0.1, 0.15) is 38.6 Å². The Bertz CT molecular complexity index is 937. The summed E-state index contributed by atoms with van der Waals surface area (Å²) < 4.78 is 7.78. The van der Waals surface area contributed by atoms with Crippen molar-refractivity contribution in [2.24, 2.45) is 0 Å². The predicted molar refractivity (Wildman–Crippen MR) is 113 cm³/mol. The fraction of sp³-hybridized carbons (Fsp3) is 0.391. The first-order valence-electron chi connectivity index (χ1n) is 9.76. The Balaban J connectivity index is 1.42. The molecule has 0 unspecified atom stereocenters. The topological polar surface area (TPSA) is 56.2 Å². The molecule has 0 radical (unpaired) electrons. The van der Waals surface area contributed by atoms with Crippen molar-refractivity contribution in [2.75, 3.05) is 13.2 Å². The van der Waals surface area contributed by atoms with E-state index < -0.39 is 0 Å². The van der Waals surface area contributed by atoms with Crippen LogP contribution in [0.2, 0.25) is 0 Å². The number of aryl methyl sites for hydroxylation is 2. The molecule has 28 heavy (non-hydrogen) atoms. The quantitative estimate of drug-likeness (QED) is 0.625. The molecule has 3 rings (SSSR count). The number of carbonyl (C=O) groups is 1. The second-order valence-electron chi connectivity index (χ2n) is 8.07. The van der Waals surface area contributed by atoms with Gasteiger partial charge in [0.2, 0.25) is 0 Å². The molecular weight excluding hydrogens is 350 g/mol. The number of amides is 1. The lowest BCUT2D eigenvalue weighted by Crippen LogP contribution is -2.30. The van der Waals surface area contributed by atoms with Crippen LogP contribution >= 0.6 is 0 Å². The molecule has 0 spiro atoms. The summed E-state index contributed by atoms with van der Waals surface area (Å²) in [6.45, 7) is 9.98. The average molecular weight is 380 g/mol. The molecule has 1 heterocycles. The number of aromatic nitrogens is 2. The Morgan fingerprint density at radius 2 is 1.82 bits per heavy atom. The first-order chi connectivity index (χ1) is 13.3. The van der Waals surface area contributed by atoms with Gasteiger partial charge >= 0.3 is 0 Å². The van der Waals surface area contributed by atoms with Gasteiger partial charge in [0, 0.05) is 13.1 Å². The van der Waals surface area contributed by atoms with Gasteiger partial charge in [0.25, 0.3) is 5.91 Å². The second kappa shape index (κ2) is 8.46. The standard InChI is InChI=1S/C23H29N3O2/c1-17-25-20-8-5-6-9-21(20)26(17)15-7-14-24-22(27)16-28-19-12-10-18(11-13-19)23(2,3)4/h5-6,8-13H,7,14-16H2,1-4H3,(H,24,27). The molecule has 1 N–H and O–H groups in total. The van der Waals surface area contributed by atoms with Crippen molar-refractivity contribution >= 4 is 16.9 Å². The predicted octanol–water partition coefficient (Wildman–Crippen LogP) is 4.23. The number of rotatable bonds is 7. The van der Waals surface area contributed by atoms with Gasteiger partial charge in [-0.15, -0.1) is 0 Å². The van der Waals surface area contributed by atoms with E-state index in [0.717, 1.165) is 29.8 Å². The molecule has 0 aliphatic carbocycles. The molecule has 148 valence electrons. The highest BCUT2D eigenvalue weighted by atomic mass is 16.5. The molecule has 0 atom stereocenters. The first kappa shape index (κ1) is 19.9. The summed E-state index contributed by atoms with van der Waals surface area (Å²) in [7, 11) is 0. The number of hydrogen-bond acceptors (Lipinski definition) is 3. The number of carbonyl (C=O) groups excluding carboxylic acids is 1. The number of ether oxygens (including phenoxy) is 1. The minimum atomic E-state index is -0.105. The lowest BCUT2D eigenvalue weighted by atomic mass is 9.87. The Morgan fingerprint density at radius 1 is 1.11 bits per heavy atom. The van der Waals surface area contributed by atoms with Crippen LogP contribution in [0.15, 0.2) is 48.5 Å². The summed E-state index contributed by atoms with van der Waals surface area (Å²) in [6.07, 6.45) is 0.840. The first-order valence-corrected chi connectivity index (χ1v) is 9.76. The van der Waals surface area contributed by atoms with Gasteiger partial charge in [0.05, 0.1) is 11.0 Å². The van der Waals surface area contributed by atoms with Gasteiger partial charge in [0.15, 0.2) is 6.61 Å². The highest BCUT2D eigenvalue weighted by Gasteiger charge is 2.13. The summed E-state index contributed by atoms with van der Waals surface area (Å²) in [5.74, 6) is 1.60. The zero-order valence-corrected chi connectivity index (χ0v) is 17.2. The molecule has 1 amide bonds. The molecular formula is C23H29N3O2. The van der Waals surface area contributed by atoms with E-state index in [0.29, 0.717) is 12.3 Å². The molecule has 0 aliphatic heterocycles. The molecule has 0 saturated heterocycles. The SMILES string of the molecule is Cc1nc2ccccc2n1CCCNC(=O)COc1ccc(C(C)(C)C)cc1. The van der Waals surface area contributed by atoms with E-state index in [4.69, 9.17) is 4.74 Å². The molecule has 3 aromatic rings. The zero-order chi connectivity index (χ0) is 20.1. The fourth-order valence-electron chi connectivity index (χ4n) is 3.19. The lowest BCUT2D eigenvalue weighted by Gasteiger charge is -2.19. The lowest BCUT2D eigenvalue weighted by molar-refractivity contribution is -0.123. The van der Waals surface area contributed by atoms with Crippen molar-refractivity contribution in [1.29, 1.82) is 0 Å². The number of benzene rings is 2. The van der Waals surface area contributed by atoms with E-state index in [1.807, 2.05) is 49.4 Å². The highest BCUT2D eigenvalue weighted by molar-refractivity contribution is 5.77. The summed E-state index contributed by atoms with van der Waals surface area (Å²) in [5.41, 5.74) is 3.49. The van der Waals surface area contributed by atoms with E-state index in [-0.39, 0.29) is 17.9 Å². The third-order valence-electron chi connectivity index (χ3n) is 4.82. The van der Waals surface area contributed by atoms with Crippen LogP contribution < -0.4 is 10.1 Å². The van der Waals surface area contributed by atoms with Crippen molar-refractivity contribution < 1.29 is 9.53 Å². The molecule has 0 saturated carbocycles. The maximum atomic E-state index is 12.0. The summed E-state index contributed by atoms with van der Waals surface area (Å²) in [4.78, 5) is 16.6. The van der Waals surface area contributed by atoms with Gasteiger partial charge in [0.1, 0.15) is 11.6 Å². The maximum absolute atomic E-state index is 12.0. The second-order valence-corrected chi connectivity index (χ2v) is 8.07. The third-order valence-corrected chi connectivity index (χ3v) is 4.82. The highest BCUT2D eigenvalue weighted by Crippen LogP contribution is 2.24. The van der Waals surface area contributed by atoms with E-state index in [9.17, 15) is 4.79 Å². The van der Waals surface area contributed by atoms with Crippen molar-refractivity contribution in [1.82, 2.24) is 14.9 Å². The van der Waals surface area contributed by atoms with E-state index in [1.54, 1.807) is 0 Å². The van der Waals surface area contributed by atoms with Crippen molar-refractivity contribution in [3.63, 3.8) is 0 Å². The molecule has 5 heteroatoms. The van der Waals surface area contributed by atoms with Crippen LogP contribution in [-0.4, -0.2) is 28.6 Å². The molecule has 1 aromatic heterocycles. The van der Waals surface area contributed by atoms with Crippen LogP contribution in [0.25, 0.3) is 11.0 Å². The van der Waals surface area contributed by atoms with Gasteiger partial charge in [-0.1, -0.05) is 45.0 Å². The number of hydrogen-bond donors (Lipinski definition) is 1. The normalized spacial score (nSPS) is 11.6. The van der Waals surface area contributed by atoms with Gasteiger partial charge < -0.3 is 14.6 Å². The Labute approximate surface area is 166 Å². The Hall–Kier alpha value is -2.82. The Kier molecular flexibility index (Phi) is 6.02. The monoisotopic (exact) mass is 379 g/mol. The smallest absolute Gasteiger partial charge is 0.257 e. The van der Waals surface area contributed by atoms with Crippen molar-refractivity contribution in [2.45, 2.75) is 46.1 Å². The minimum absolute atomic E-state index is 0.0297. The van der Waals surface area contributed by atoms with Crippen LogP contribution in [0.5, 0.6) is 5.75 Å². The molecule has 0 fully saturated rings. The van der Waals surface area contributed by atoms with Crippen LogP contribution in [0.4, 0.5) is 0 Å². The van der Waals surface area contributed by atoms with Crippen molar-refractivity contribution in [3.8, 4) is 5.75 Å². The van der Waals surface area contributed by atoms with Gasteiger partial charge in [-0.05, 0) is 48.6 Å². The van der Waals surface area contributed by atoms with Gasteiger partial charge in [-0.2, -0.15) is 0 Å². The fourth-order valence-corrected chi connectivity index (χ4v) is 3.19. The van der Waals surface area contributed by atoms with Crippen LogP contribution in [-0.2, 0) is 16.8 Å². The number of nitrogens with zero attached hydrogens (tertiary/aromatic N) is 2. The Morgan fingerprint density at radius 3 is 2.54 bits per heavy atom. The maximum Gasteiger partial charge on any atom is 0.257 e. The van der Waals surface area contributed by atoms with E-state index >= 15 is 0 Å². The number of para-hydroxylation sites is 2. The van der Waals surface area contributed by atoms with Crippen LogP contribution in [0.3, 0.4) is 0 Å². The summed E-state index contributed by atoms with van der Waals surface area (Å²) >= 11 is 0. The van der Waals surface area contributed by atoms with Gasteiger partial charge in [-0.3, -0.25) is 4.79 Å². The number of fused-ring (bicyclic) bond motifs is 1. The average Bonchev–Trinajstić information content (AvgIpc) is 2.98. The number of nitrogens with one attached hydrogen (secondary N) is 1. The van der Waals surface area contributed by atoms with E-state index in [2.05, 4.69) is 41.7 Å². The van der Waals surface area contributed by atoms with E-state index in [1.165, 1.54) is 5.56 Å². The summed E-state index contributed by atoms with van der Waals surface area (Å²) in [5, 5.41) is 2.92. The molecule has 0 bridgehead atoms. The van der Waals surface area contributed by atoms with Crippen LogP contribution in [0, 0.1) is 6.92 Å². The number of imidazole rings is 1. The minimum Gasteiger partial charge on any atom is -0.484 e. The van der Waals surface area contributed by atoms with Gasteiger partial charge in [-0.25, -0.2) is 4.98 Å². The molecule has 2 aromatic carbocycles. The van der Waals surface area contributed by atoms with Crippen molar-refractivity contribution in [3.05, 3.63) is 59.9 Å². The largest absolute Gasteiger partial charge is 0.484 e.